The Bertz CT molecular complexity index is 1590. The molecule has 0 saturated heterocycles. The number of phenolic OH excluding ortho intramolecular Hbond substituents is 1. The average molecular weight is 821 g/mol. The monoisotopic (exact) mass is 821 g/mol. The van der Waals surface area contributed by atoms with Gasteiger partial charge in [-0.05, 0) is 91.7 Å². The SMILES string of the molecule is C[C@]12CC[C@@H]3c4ccc(O)cc4CC[C@H]3[C@@H]1CC[C@@]2(O)C#Cc1cc(CN(CC(=O)O)CC(=O)O)nc(CN(CC(=O)O)CC(=O)O)c1.[Gd+3]. The number of hydrogen-bond donors (Lipinski definition) is 6. The van der Waals surface area contributed by atoms with E-state index in [0.717, 1.165) is 32.1 Å². The number of aryl methyl sites for hydroxylation is 1. The van der Waals surface area contributed by atoms with E-state index in [1.165, 1.54) is 20.9 Å². The number of phenols is 1. The molecule has 2 fully saturated rings. The van der Waals surface area contributed by atoms with Crippen LogP contribution in [0.15, 0.2) is 30.3 Å². The van der Waals surface area contributed by atoms with Crippen LogP contribution in [0.4, 0.5) is 0 Å². The van der Waals surface area contributed by atoms with Gasteiger partial charge >= 0.3 is 63.8 Å². The van der Waals surface area contributed by atoms with Crippen molar-refractivity contribution >= 4 is 23.9 Å². The fourth-order valence-electron chi connectivity index (χ4n) is 8.41. The zero-order chi connectivity index (χ0) is 34.8. The van der Waals surface area contributed by atoms with Crippen molar-refractivity contribution in [3.63, 3.8) is 0 Å². The predicted molar refractivity (Wildman–Crippen MR) is 170 cm³/mol. The molecule has 6 N–H and O–H groups in total. The van der Waals surface area contributed by atoms with Gasteiger partial charge in [0.2, 0.25) is 0 Å². The van der Waals surface area contributed by atoms with Crippen LogP contribution in [0.2, 0.25) is 0 Å². The van der Waals surface area contributed by atoms with E-state index in [4.69, 9.17) is 0 Å². The van der Waals surface area contributed by atoms with E-state index in [-0.39, 0.29) is 76.1 Å². The molecule has 1 aromatic heterocycles. The molecule has 2 saturated carbocycles. The molecule has 5 rings (SSSR count). The number of carboxylic acid groups (broad SMARTS) is 4. The van der Waals surface area contributed by atoms with E-state index in [1.54, 1.807) is 18.2 Å². The third kappa shape index (κ3) is 8.95. The minimum absolute atomic E-state index is 0. The van der Waals surface area contributed by atoms with Gasteiger partial charge in [-0.25, -0.2) is 0 Å². The molecule has 3 aliphatic rings. The molecule has 0 unspecified atom stereocenters. The first-order valence-corrected chi connectivity index (χ1v) is 16.0. The van der Waals surface area contributed by atoms with Crippen LogP contribution in [0.5, 0.6) is 5.75 Å². The number of hydrogen-bond acceptors (Lipinski definition) is 9. The van der Waals surface area contributed by atoms with Crippen molar-refractivity contribution in [1.82, 2.24) is 14.8 Å². The fraction of sp³-hybridized carbons (Fsp3) is 0.514. The Morgan fingerprint density at radius 3 is 1.92 bits per heavy atom. The number of carbonyl (C=O) groups is 4. The number of benzene rings is 1. The van der Waals surface area contributed by atoms with Crippen molar-refractivity contribution < 1.29 is 89.8 Å². The third-order valence-corrected chi connectivity index (χ3v) is 10.4. The number of rotatable bonds is 12. The molecule has 13 nitrogen and oxygen atoms in total. The first-order valence-electron chi connectivity index (χ1n) is 16.0. The van der Waals surface area contributed by atoms with Crippen LogP contribution >= 0.6 is 0 Å². The molecule has 0 bridgehead atoms. The summed E-state index contributed by atoms with van der Waals surface area (Å²) in [5.74, 6) is 2.57. The van der Waals surface area contributed by atoms with Crippen molar-refractivity contribution in [2.45, 2.75) is 70.1 Å². The second-order valence-corrected chi connectivity index (χ2v) is 13.6. The zero-order valence-electron chi connectivity index (χ0n) is 27.1. The van der Waals surface area contributed by atoms with Crippen molar-refractivity contribution in [2.24, 2.45) is 17.3 Å². The number of aliphatic hydroxyl groups is 1. The molecule has 1 heterocycles. The van der Waals surface area contributed by atoms with Crippen LogP contribution in [0.25, 0.3) is 0 Å². The van der Waals surface area contributed by atoms with E-state index in [1.807, 2.05) is 12.1 Å². The zero-order valence-corrected chi connectivity index (χ0v) is 29.4. The third-order valence-electron chi connectivity index (χ3n) is 10.4. The second-order valence-electron chi connectivity index (χ2n) is 13.6. The Balaban J connectivity index is 0.00000541. The van der Waals surface area contributed by atoms with Gasteiger partial charge in [-0.3, -0.25) is 34.0 Å². The van der Waals surface area contributed by atoms with Gasteiger partial charge in [-0.15, -0.1) is 0 Å². The molecule has 1 aromatic carbocycles. The Morgan fingerprint density at radius 2 is 1.39 bits per heavy atom. The molecule has 14 heteroatoms. The summed E-state index contributed by atoms with van der Waals surface area (Å²) >= 11 is 0. The van der Waals surface area contributed by atoms with E-state index in [0.29, 0.717) is 23.8 Å². The van der Waals surface area contributed by atoms with E-state index >= 15 is 0 Å². The average Bonchev–Trinajstić information content (AvgIpc) is 3.24. The van der Waals surface area contributed by atoms with Gasteiger partial charge in [0.05, 0.1) is 37.6 Å². The molecule has 2 aromatic rings. The number of pyridine rings is 1. The Hall–Kier alpha value is -3.19. The topological polar surface area (TPSA) is 209 Å². The minimum atomic E-state index is -1.31. The molecule has 0 amide bonds. The molecular formula is C35H41GdN3O10+3. The number of carboxylic acids is 4. The summed E-state index contributed by atoms with van der Waals surface area (Å²) < 4.78 is 0. The molecule has 5 atom stereocenters. The maximum atomic E-state index is 12.2. The number of aromatic hydroxyl groups is 1. The maximum absolute atomic E-state index is 12.2. The summed E-state index contributed by atoms with van der Waals surface area (Å²) in [4.78, 5) is 52.5. The molecule has 0 spiro atoms. The van der Waals surface area contributed by atoms with E-state index in [9.17, 15) is 49.8 Å². The van der Waals surface area contributed by atoms with Gasteiger partial charge in [0.15, 0.2) is 0 Å². The molecule has 261 valence electrons. The summed E-state index contributed by atoms with van der Waals surface area (Å²) in [6.07, 6.45) is 4.76. The van der Waals surface area contributed by atoms with Crippen LogP contribution in [0.1, 0.15) is 73.0 Å². The second kappa shape index (κ2) is 15.8. The largest absolute Gasteiger partial charge is 3.00 e. The first kappa shape index (κ1) is 38.6. The van der Waals surface area contributed by atoms with Gasteiger partial charge < -0.3 is 30.6 Å². The smallest absolute Gasteiger partial charge is 0.508 e. The summed E-state index contributed by atoms with van der Waals surface area (Å²) in [6, 6.07) is 8.79. The van der Waals surface area contributed by atoms with Crippen LogP contribution < -0.4 is 0 Å². The van der Waals surface area contributed by atoms with Crippen molar-refractivity contribution in [2.75, 3.05) is 26.2 Å². The number of fused-ring (bicyclic) bond motifs is 5. The molecule has 3 aliphatic carbocycles. The van der Waals surface area contributed by atoms with Crippen molar-refractivity contribution in [3.05, 3.63) is 58.4 Å². The Kier molecular flexibility index (Phi) is 12.4. The molecule has 1 radical (unpaired) electrons. The summed E-state index contributed by atoms with van der Waals surface area (Å²) in [5.41, 5.74) is 1.61. The maximum Gasteiger partial charge on any atom is 3.00 e. The molecule has 0 aliphatic heterocycles. The normalized spacial score (nSPS) is 25.3. The summed E-state index contributed by atoms with van der Waals surface area (Å²) in [5, 5.41) is 59.4. The van der Waals surface area contributed by atoms with Crippen LogP contribution in [-0.4, -0.2) is 101 Å². The number of aliphatic carboxylic acids is 4. The molecule has 49 heavy (non-hydrogen) atoms. The Morgan fingerprint density at radius 1 is 0.837 bits per heavy atom. The minimum Gasteiger partial charge on any atom is -0.508 e. The van der Waals surface area contributed by atoms with Gasteiger partial charge in [-0.1, -0.05) is 24.8 Å². The number of nitrogens with zero attached hydrogens (tertiary/aromatic N) is 3. The van der Waals surface area contributed by atoms with Gasteiger partial charge in [0.1, 0.15) is 11.4 Å². The van der Waals surface area contributed by atoms with Gasteiger partial charge in [0, 0.05) is 24.1 Å². The first-order chi connectivity index (χ1) is 22.7. The summed E-state index contributed by atoms with van der Waals surface area (Å²) in [6.45, 7) is -0.534. The number of aromatic nitrogens is 1. The standard InChI is InChI=1S/C35H41N3O10.Gd/c1-34-9-7-27-26-5-3-25(39)14-22(26)2-4-28(27)29(34)8-11-35(34,48)10-6-21-12-23(15-37(17-30(40)41)18-31(42)43)36-24(13-21)16-38(19-32(44)45)20-33(46)47;/h3,5,12-14,27-29,39,48H,2,4,7-9,11,15-20H2,1H3,(H,40,41)(H,42,43)(H,44,45)(H,46,47);/q;+3/t27-,28-,29+,34+,35+;/m1./s1. The summed E-state index contributed by atoms with van der Waals surface area (Å²) in [7, 11) is 0. The van der Waals surface area contributed by atoms with Crippen LogP contribution in [0, 0.1) is 69.0 Å². The van der Waals surface area contributed by atoms with E-state index < -0.39 is 61.1 Å². The molecular weight excluding hydrogens is 780 g/mol. The predicted octanol–water partition coefficient (Wildman–Crippen LogP) is 2.37. The van der Waals surface area contributed by atoms with Crippen LogP contribution in [0.3, 0.4) is 0 Å². The fourth-order valence-corrected chi connectivity index (χ4v) is 8.41. The van der Waals surface area contributed by atoms with Crippen molar-refractivity contribution in [3.8, 4) is 17.6 Å². The van der Waals surface area contributed by atoms with Crippen LogP contribution in [-0.2, 0) is 38.7 Å². The Labute approximate surface area is 316 Å². The van der Waals surface area contributed by atoms with E-state index in [2.05, 4.69) is 23.7 Å². The van der Waals surface area contributed by atoms with Crippen molar-refractivity contribution in [1.29, 1.82) is 0 Å². The van der Waals surface area contributed by atoms with Gasteiger partial charge in [0.25, 0.3) is 0 Å². The van der Waals surface area contributed by atoms with Gasteiger partial charge in [-0.2, -0.15) is 0 Å². The quantitative estimate of drug-likeness (QED) is 0.170.